The Morgan fingerprint density at radius 3 is 2.53 bits per heavy atom. The van der Waals surface area contributed by atoms with Crippen LogP contribution in [0.3, 0.4) is 0 Å². The third kappa shape index (κ3) is 3.76. The molecule has 2 aliphatic heterocycles. The van der Waals surface area contributed by atoms with E-state index in [1.54, 1.807) is 12.1 Å². The fourth-order valence-corrected chi connectivity index (χ4v) is 5.84. The predicted molar refractivity (Wildman–Crippen MR) is 129 cm³/mol. The van der Waals surface area contributed by atoms with Gasteiger partial charge in [0.25, 0.3) is 5.91 Å². The van der Waals surface area contributed by atoms with E-state index in [0.29, 0.717) is 23.5 Å². The first-order valence-corrected chi connectivity index (χ1v) is 12.2. The molecule has 2 aromatic carbocycles. The largest absolute Gasteiger partial charge is 0.478 e. The summed E-state index contributed by atoms with van der Waals surface area (Å²) < 4.78 is 5.59. The molecule has 1 saturated carbocycles. The summed E-state index contributed by atoms with van der Waals surface area (Å²) in [6, 6.07) is 15.9. The highest BCUT2D eigenvalue weighted by atomic mass is 16.5. The number of aromatic nitrogens is 1. The van der Waals surface area contributed by atoms with Crippen molar-refractivity contribution in [2.75, 3.05) is 19.7 Å². The van der Waals surface area contributed by atoms with Crippen molar-refractivity contribution in [2.45, 2.75) is 44.1 Å². The van der Waals surface area contributed by atoms with E-state index in [4.69, 9.17) is 4.74 Å². The van der Waals surface area contributed by atoms with Gasteiger partial charge in [-0.05, 0) is 72.8 Å². The quantitative estimate of drug-likeness (QED) is 0.606. The molecule has 1 N–H and O–H groups in total. The summed E-state index contributed by atoms with van der Waals surface area (Å²) in [5.41, 5.74) is 4.78. The monoisotopic (exact) mass is 456 g/mol. The second-order valence-corrected chi connectivity index (χ2v) is 10.0. The topological polar surface area (TPSA) is 79.7 Å². The molecule has 3 heterocycles. The standard InChI is InChI=1S/C28H28N2O4/c31-26(25-2-1-13-34-25)30-11-9-28(10-12-30)16-23(28)19-5-3-18(4-6-19)22-14-20-7-8-21(27(32)33)15-24(20)29-17-22/h3-8,14-15,17,23,25H,1-2,9-13,16H2,(H,32,33)/t23-,25?/m1/s1. The Bertz CT molecular complexity index is 1260. The molecule has 3 fully saturated rings. The van der Waals surface area contributed by atoms with Gasteiger partial charge in [-0.3, -0.25) is 9.78 Å². The first-order chi connectivity index (χ1) is 16.5. The van der Waals surface area contributed by atoms with Gasteiger partial charge in [-0.15, -0.1) is 0 Å². The van der Waals surface area contributed by atoms with Crippen LogP contribution in [0.15, 0.2) is 54.7 Å². The number of aromatic carboxylic acids is 1. The van der Waals surface area contributed by atoms with Crippen LogP contribution in [0.25, 0.3) is 22.0 Å². The van der Waals surface area contributed by atoms with Crippen molar-refractivity contribution in [3.8, 4) is 11.1 Å². The maximum Gasteiger partial charge on any atom is 0.335 e. The molecule has 1 aliphatic carbocycles. The number of hydrogen-bond donors (Lipinski definition) is 1. The summed E-state index contributed by atoms with van der Waals surface area (Å²) in [6.07, 6.45) is 6.81. The van der Waals surface area contributed by atoms with Gasteiger partial charge in [0.2, 0.25) is 0 Å². The van der Waals surface area contributed by atoms with E-state index in [-0.39, 0.29) is 17.6 Å². The lowest BCUT2D eigenvalue weighted by molar-refractivity contribution is -0.142. The number of carbonyl (C=O) groups is 2. The van der Waals surface area contributed by atoms with E-state index < -0.39 is 5.97 Å². The molecule has 6 nitrogen and oxygen atoms in total. The minimum Gasteiger partial charge on any atom is -0.478 e. The molecule has 6 heteroatoms. The van der Waals surface area contributed by atoms with Crippen LogP contribution in [-0.2, 0) is 9.53 Å². The Hall–Kier alpha value is -3.25. The van der Waals surface area contributed by atoms with Gasteiger partial charge in [0, 0.05) is 36.8 Å². The van der Waals surface area contributed by atoms with Crippen LogP contribution >= 0.6 is 0 Å². The van der Waals surface area contributed by atoms with Gasteiger partial charge >= 0.3 is 5.97 Å². The van der Waals surface area contributed by atoms with Gasteiger partial charge in [-0.25, -0.2) is 4.79 Å². The Morgan fingerprint density at radius 1 is 1.03 bits per heavy atom. The molecular formula is C28H28N2O4. The zero-order valence-corrected chi connectivity index (χ0v) is 19.1. The van der Waals surface area contributed by atoms with E-state index in [1.807, 2.05) is 17.2 Å². The van der Waals surface area contributed by atoms with Crippen molar-refractivity contribution in [1.82, 2.24) is 9.88 Å². The zero-order valence-electron chi connectivity index (χ0n) is 19.1. The van der Waals surface area contributed by atoms with Crippen LogP contribution in [0.4, 0.5) is 0 Å². The van der Waals surface area contributed by atoms with Crippen LogP contribution in [0.1, 0.15) is 53.9 Å². The highest BCUT2D eigenvalue weighted by Gasteiger charge is 2.55. The van der Waals surface area contributed by atoms with Gasteiger partial charge < -0.3 is 14.7 Å². The molecule has 1 amide bonds. The van der Waals surface area contributed by atoms with Gasteiger partial charge in [-0.2, -0.15) is 0 Å². The normalized spacial score (nSPS) is 23.4. The molecule has 2 saturated heterocycles. The molecule has 0 bridgehead atoms. The molecule has 1 aromatic heterocycles. The van der Waals surface area contributed by atoms with Gasteiger partial charge in [0.1, 0.15) is 6.10 Å². The van der Waals surface area contributed by atoms with Crippen LogP contribution in [0.5, 0.6) is 0 Å². The molecule has 3 aliphatic rings. The Morgan fingerprint density at radius 2 is 1.82 bits per heavy atom. The molecule has 174 valence electrons. The molecule has 34 heavy (non-hydrogen) atoms. The van der Waals surface area contributed by atoms with E-state index in [1.165, 1.54) is 12.0 Å². The molecule has 1 spiro atoms. The van der Waals surface area contributed by atoms with Crippen molar-refractivity contribution >= 4 is 22.8 Å². The van der Waals surface area contributed by atoms with Crippen LogP contribution in [0.2, 0.25) is 0 Å². The summed E-state index contributed by atoms with van der Waals surface area (Å²) in [5, 5.41) is 10.1. The number of nitrogens with zero attached hydrogens (tertiary/aromatic N) is 2. The van der Waals surface area contributed by atoms with Gasteiger partial charge in [-0.1, -0.05) is 30.3 Å². The highest BCUT2D eigenvalue weighted by molar-refractivity contribution is 5.94. The summed E-state index contributed by atoms with van der Waals surface area (Å²) in [4.78, 5) is 30.3. The van der Waals surface area contributed by atoms with Crippen molar-refractivity contribution < 1.29 is 19.4 Å². The van der Waals surface area contributed by atoms with E-state index >= 15 is 0 Å². The molecular weight excluding hydrogens is 428 g/mol. The van der Waals surface area contributed by atoms with Gasteiger partial charge in [0.05, 0.1) is 11.1 Å². The molecule has 6 rings (SSSR count). The number of pyridine rings is 1. The first kappa shape index (κ1) is 21.3. The number of amides is 1. The number of piperidine rings is 1. The maximum atomic E-state index is 12.7. The number of fused-ring (bicyclic) bond motifs is 1. The van der Waals surface area contributed by atoms with Crippen molar-refractivity contribution in [3.63, 3.8) is 0 Å². The summed E-state index contributed by atoms with van der Waals surface area (Å²) in [6.45, 7) is 2.41. The Labute approximate surface area is 198 Å². The summed E-state index contributed by atoms with van der Waals surface area (Å²) in [5.74, 6) is -0.177. The number of hydrogen-bond acceptors (Lipinski definition) is 4. The smallest absolute Gasteiger partial charge is 0.335 e. The minimum atomic E-state index is -0.943. The number of benzene rings is 2. The third-order valence-electron chi connectivity index (χ3n) is 8.04. The number of carboxylic acids is 1. The van der Waals surface area contributed by atoms with Crippen LogP contribution in [0, 0.1) is 5.41 Å². The average Bonchev–Trinajstić information content (AvgIpc) is 3.28. The van der Waals surface area contributed by atoms with Crippen molar-refractivity contribution in [2.24, 2.45) is 5.41 Å². The number of carboxylic acid groups (broad SMARTS) is 1. The number of rotatable bonds is 4. The van der Waals surface area contributed by atoms with Gasteiger partial charge in [0.15, 0.2) is 0 Å². The SMILES string of the molecule is O=C(O)c1ccc2cc(-c3ccc([C@H]4CC45CCN(C(=O)C4CCCO4)CC5)cc3)cnc2c1. The second kappa shape index (κ2) is 8.20. The fraction of sp³-hybridized carbons (Fsp3) is 0.393. The maximum absolute atomic E-state index is 12.7. The lowest BCUT2D eigenvalue weighted by Crippen LogP contribution is -2.44. The number of ether oxygens (including phenoxy) is 1. The zero-order chi connectivity index (χ0) is 23.3. The molecule has 0 radical (unpaired) electrons. The predicted octanol–water partition coefficient (Wildman–Crippen LogP) is 4.88. The number of likely N-dealkylation sites (tertiary alicyclic amines) is 1. The lowest BCUT2D eigenvalue weighted by atomic mass is 9.88. The molecule has 2 atom stereocenters. The Balaban J connectivity index is 1.12. The molecule has 1 unspecified atom stereocenters. The second-order valence-electron chi connectivity index (χ2n) is 10.0. The minimum absolute atomic E-state index is 0.192. The first-order valence-electron chi connectivity index (χ1n) is 12.2. The van der Waals surface area contributed by atoms with E-state index in [2.05, 4.69) is 35.3 Å². The van der Waals surface area contributed by atoms with Crippen molar-refractivity contribution in [3.05, 3.63) is 65.9 Å². The molecule has 3 aromatic rings. The number of carbonyl (C=O) groups excluding carboxylic acids is 1. The summed E-state index contributed by atoms with van der Waals surface area (Å²) in [7, 11) is 0. The summed E-state index contributed by atoms with van der Waals surface area (Å²) >= 11 is 0. The van der Waals surface area contributed by atoms with E-state index in [0.717, 1.165) is 55.3 Å². The van der Waals surface area contributed by atoms with E-state index in [9.17, 15) is 14.7 Å². The fourth-order valence-electron chi connectivity index (χ4n) is 5.84. The average molecular weight is 457 g/mol. The Kier molecular flexibility index (Phi) is 5.14. The third-order valence-corrected chi connectivity index (χ3v) is 8.04. The van der Waals surface area contributed by atoms with Crippen LogP contribution < -0.4 is 0 Å². The highest BCUT2D eigenvalue weighted by Crippen LogP contribution is 2.65. The van der Waals surface area contributed by atoms with Crippen molar-refractivity contribution in [1.29, 1.82) is 0 Å². The van der Waals surface area contributed by atoms with Crippen LogP contribution in [-0.4, -0.2) is 52.7 Å². The lowest BCUT2D eigenvalue weighted by Gasteiger charge is -2.34.